The van der Waals surface area contributed by atoms with Crippen LogP contribution in [0.15, 0.2) is 73.3 Å². The van der Waals surface area contributed by atoms with Gasteiger partial charge in [0, 0.05) is 45.7 Å². The summed E-state index contributed by atoms with van der Waals surface area (Å²) in [5.41, 5.74) is 1.96. The van der Waals surface area contributed by atoms with E-state index in [0.29, 0.717) is 57.6 Å². The van der Waals surface area contributed by atoms with E-state index in [1.165, 1.54) is 24.9 Å². The fourth-order valence-electron chi connectivity index (χ4n) is 12.9. The summed E-state index contributed by atoms with van der Waals surface area (Å²) in [6.07, 6.45) is 17.8. The number of aromatic nitrogens is 4. The van der Waals surface area contributed by atoms with Gasteiger partial charge in [0.25, 0.3) is 23.6 Å². The molecule has 8 saturated carbocycles. The van der Waals surface area contributed by atoms with Crippen LogP contribution in [0.1, 0.15) is 130 Å². The van der Waals surface area contributed by atoms with Gasteiger partial charge in [-0.15, -0.1) is 0 Å². The van der Waals surface area contributed by atoms with Crippen molar-refractivity contribution in [1.29, 1.82) is 0 Å². The minimum atomic E-state index is -0.321. The number of carbonyl (C=O) groups is 4. The van der Waals surface area contributed by atoms with Gasteiger partial charge in [0.2, 0.25) is 0 Å². The van der Waals surface area contributed by atoms with E-state index in [-0.39, 0.29) is 51.5 Å². The Morgan fingerprint density at radius 3 is 1.36 bits per heavy atom. The van der Waals surface area contributed by atoms with Crippen LogP contribution < -0.4 is 26.0 Å². The normalized spacial score (nSPS) is 31.0. The van der Waals surface area contributed by atoms with E-state index < -0.39 is 0 Å². The van der Waals surface area contributed by atoms with Gasteiger partial charge in [-0.05, 0) is 151 Å². The van der Waals surface area contributed by atoms with Crippen molar-refractivity contribution in [2.45, 2.75) is 113 Å². The molecule has 318 valence electrons. The predicted molar refractivity (Wildman–Crippen MR) is 225 cm³/mol. The molecule has 8 bridgehead atoms. The first-order valence-corrected chi connectivity index (χ1v) is 21.5. The van der Waals surface area contributed by atoms with Gasteiger partial charge >= 0.3 is 0 Å². The number of aryl methyl sites for hydroxylation is 2. The molecule has 61 heavy (non-hydrogen) atoms. The molecular weight excluding hydrogens is 773 g/mol. The van der Waals surface area contributed by atoms with E-state index >= 15 is 0 Å². The summed E-state index contributed by atoms with van der Waals surface area (Å²) in [6.45, 7) is 3.65. The largest absolute Gasteiger partial charge is 0.508 e. The second kappa shape index (κ2) is 15.5. The van der Waals surface area contributed by atoms with Crippen LogP contribution in [0.4, 0.5) is 0 Å². The molecule has 4 amide bonds. The van der Waals surface area contributed by atoms with Crippen molar-refractivity contribution in [3.63, 3.8) is 0 Å². The Balaban J connectivity index is 0.000000156. The van der Waals surface area contributed by atoms with Crippen LogP contribution >= 0.6 is 0 Å². The lowest BCUT2D eigenvalue weighted by Gasteiger charge is -2.62. The molecule has 2 aromatic heterocycles. The Kier molecular flexibility index (Phi) is 10.3. The first-order valence-electron chi connectivity index (χ1n) is 21.5. The number of carbonyl (C=O) groups excluding carboxylic acids is 4. The topological polar surface area (TPSA) is 197 Å². The van der Waals surface area contributed by atoms with Crippen LogP contribution in [-0.2, 0) is 0 Å². The molecule has 0 saturated heterocycles. The third-order valence-corrected chi connectivity index (χ3v) is 14.1. The number of nitrogens with zero attached hydrogens (tertiary/aromatic N) is 4. The number of phenolic OH excluding ortho intramolecular Hbond substituents is 1. The third kappa shape index (κ3) is 8.41. The van der Waals surface area contributed by atoms with Gasteiger partial charge in [0.15, 0.2) is 0 Å². The van der Waals surface area contributed by atoms with Crippen molar-refractivity contribution in [2.24, 2.45) is 23.7 Å². The summed E-state index contributed by atoms with van der Waals surface area (Å²) in [5, 5.41) is 23.0. The molecule has 4 aromatic rings. The number of methoxy groups -OCH3 is 1. The van der Waals surface area contributed by atoms with Crippen molar-refractivity contribution in [2.75, 3.05) is 7.11 Å². The van der Waals surface area contributed by atoms with E-state index in [4.69, 9.17) is 4.74 Å². The number of hydrogen-bond donors (Lipinski definition) is 5. The Morgan fingerprint density at radius 2 is 0.967 bits per heavy atom. The molecule has 12 rings (SSSR count). The number of aromatic hydroxyl groups is 1. The van der Waals surface area contributed by atoms with Crippen LogP contribution in [-0.4, -0.2) is 77.9 Å². The number of nitrogens with one attached hydrogen (secondary N) is 4. The molecule has 4 atom stereocenters. The molecular formula is C47H54N8O6. The second-order valence-electron chi connectivity index (χ2n) is 19.2. The molecule has 14 heteroatoms. The SMILES string of the molecule is COc1cccc(C(=O)NC23CC4CC(C2)CC(NC(=O)c2cncc(C)n2)(C4)C3)c1.Cc1cncc(C(=O)NC23CC4CC(CC(NC(=O)c5cccc(O)c5)(C4)C2)C3)n1. The van der Waals surface area contributed by atoms with Crippen molar-refractivity contribution in [1.82, 2.24) is 41.2 Å². The molecule has 2 heterocycles. The Hall–Kier alpha value is -5.92. The van der Waals surface area contributed by atoms with E-state index in [1.807, 2.05) is 32.0 Å². The van der Waals surface area contributed by atoms with Gasteiger partial charge in [-0.2, -0.15) is 0 Å². The Bertz CT molecular complexity index is 2280. The number of amides is 4. The lowest BCUT2D eigenvalue weighted by molar-refractivity contribution is -0.0455. The molecule has 8 aliphatic rings. The molecule has 0 aliphatic heterocycles. The highest BCUT2D eigenvalue weighted by Crippen LogP contribution is 2.59. The van der Waals surface area contributed by atoms with Crippen LogP contribution in [0.25, 0.3) is 0 Å². The minimum absolute atomic E-state index is 0.0770. The minimum Gasteiger partial charge on any atom is -0.508 e. The van der Waals surface area contributed by atoms with Gasteiger partial charge in [-0.25, -0.2) is 9.97 Å². The zero-order chi connectivity index (χ0) is 42.6. The lowest BCUT2D eigenvalue weighted by Crippen LogP contribution is -2.69. The smallest absolute Gasteiger partial charge is 0.271 e. The maximum atomic E-state index is 13.1. The predicted octanol–water partition coefficient (Wildman–Crippen LogP) is 5.79. The fraction of sp³-hybridized carbons (Fsp3) is 0.489. The van der Waals surface area contributed by atoms with Crippen molar-refractivity contribution < 1.29 is 29.0 Å². The van der Waals surface area contributed by atoms with Gasteiger partial charge < -0.3 is 31.1 Å². The summed E-state index contributed by atoms with van der Waals surface area (Å²) in [4.78, 5) is 68.8. The number of rotatable bonds is 9. The zero-order valence-corrected chi connectivity index (χ0v) is 35.0. The van der Waals surface area contributed by atoms with Gasteiger partial charge in [0.05, 0.1) is 30.9 Å². The van der Waals surface area contributed by atoms with Crippen LogP contribution in [0.5, 0.6) is 11.5 Å². The molecule has 8 fully saturated rings. The maximum Gasteiger partial charge on any atom is 0.271 e. The highest BCUT2D eigenvalue weighted by atomic mass is 16.5. The van der Waals surface area contributed by atoms with Crippen molar-refractivity contribution in [3.8, 4) is 11.5 Å². The summed E-state index contributed by atoms with van der Waals surface area (Å²) < 4.78 is 5.27. The second-order valence-corrected chi connectivity index (χ2v) is 19.2. The number of hydrogen-bond acceptors (Lipinski definition) is 10. The fourth-order valence-corrected chi connectivity index (χ4v) is 12.9. The Morgan fingerprint density at radius 1 is 0.574 bits per heavy atom. The van der Waals surface area contributed by atoms with Crippen molar-refractivity contribution in [3.05, 3.63) is 107 Å². The summed E-state index contributed by atoms with van der Waals surface area (Å²) in [5.74, 6) is 2.13. The molecule has 2 aromatic carbocycles. The number of phenols is 1. The zero-order valence-electron chi connectivity index (χ0n) is 35.0. The van der Waals surface area contributed by atoms with Gasteiger partial charge in [-0.1, -0.05) is 12.1 Å². The summed E-state index contributed by atoms with van der Waals surface area (Å²) >= 11 is 0. The van der Waals surface area contributed by atoms with E-state index in [0.717, 1.165) is 76.3 Å². The average molecular weight is 827 g/mol. The lowest BCUT2D eigenvalue weighted by atomic mass is 9.49. The van der Waals surface area contributed by atoms with Crippen LogP contribution in [0.2, 0.25) is 0 Å². The van der Waals surface area contributed by atoms with E-state index in [2.05, 4.69) is 41.2 Å². The molecule has 14 nitrogen and oxygen atoms in total. The van der Waals surface area contributed by atoms with Crippen molar-refractivity contribution >= 4 is 23.6 Å². The quantitative estimate of drug-likeness (QED) is 0.138. The monoisotopic (exact) mass is 826 g/mol. The first kappa shape index (κ1) is 40.5. The van der Waals surface area contributed by atoms with E-state index in [1.54, 1.807) is 43.8 Å². The van der Waals surface area contributed by atoms with Gasteiger partial charge in [-0.3, -0.25) is 29.1 Å². The molecule has 4 unspecified atom stereocenters. The third-order valence-electron chi connectivity index (χ3n) is 14.1. The van der Waals surface area contributed by atoms with Crippen LogP contribution in [0.3, 0.4) is 0 Å². The first-order chi connectivity index (χ1) is 29.2. The summed E-state index contributed by atoms with van der Waals surface area (Å²) in [7, 11) is 1.60. The Labute approximate surface area is 355 Å². The molecule has 8 aliphatic carbocycles. The number of benzene rings is 2. The summed E-state index contributed by atoms with van der Waals surface area (Å²) in [6, 6.07) is 13.7. The average Bonchev–Trinajstić information content (AvgIpc) is 3.19. The molecule has 5 N–H and O–H groups in total. The van der Waals surface area contributed by atoms with Crippen LogP contribution in [0, 0.1) is 37.5 Å². The standard InChI is InChI=1S/C24H28N4O3.C23H26N4O3/c1-15-12-25-13-20(26-15)22(30)28-24-10-16-6-17(11-24)9-23(8-16,14-24)27-21(29)18-4-3-5-19(7-18)31-2;1-14-11-24-12-19(25-14)21(30)27-23-9-15-5-16(10-23)8-22(7-15,13-23)26-20(29)17-3-2-4-18(28)6-17/h3-5,7,12-13,16-17H,6,8-11,14H2,1-2H3,(H,27,29)(H,28,30);2-4,6,11-12,15-16,28H,5,7-10,13H2,1H3,(H,26,29)(H,27,30). The van der Waals surface area contributed by atoms with E-state index in [9.17, 15) is 24.3 Å². The molecule has 0 radical (unpaired) electrons. The molecule has 0 spiro atoms. The van der Waals surface area contributed by atoms with Gasteiger partial charge in [0.1, 0.15) is 22.9 Å². The highest BCUT2D eigenvalue weighted by Gasteiger charge is 2.60. The highest BCUT2D eigenvalue weighted by molar-refractivity contribution is 5.96. The number of ether oxygens (including phenoxy) is 1. The maximum absolute atomic E-state index is 13.1.